The Balaban J connectivity index is 2.08. The van der Waals surface area contributed by atoms with E-state index in [9.17, 15) is 13.2 Å². The number of nitrogens with one attached hydrogen (secondary N) is 1. The summed E-state index contributed by atoms with van der Waals surface area (Å²) in [6, 6.07) is 1.95. The first-order chi connectivity index (χ1) is 13.3. The maximum absolute atomic E-state index is 12.9. The molecule has 7 nitrogen and oxygen atoms in total. The van der Waals surface area contributed by atoms with Crippen LogP contribution in [-0.4, -0.2) is 47.3 Å². The fourth-order valence-electron chi connectivity index (χ4n) is 3.43. The molecular formula is C21H38N4O3S. The van der Waals surface area contributed by atoms with E-state index in [2.05, 4.69) is 46.9 Å². The van der Waals surface area contributed by atoms with Crippen LogP contribution in [0.3, 0.4) is 0 Å². The zero-order chi connectivity index (χ0) is 22.0. The zero-order valence-corrected chi connectivity index (χ0v) is 19.9. The van der Waals surface area contributed by atoms with E-state index in [4.69, 9.17) is 5.10 Å². The van der Waals surface area contributed by atoms with Gasteiger partial charge in [-0.15, -0.1) is 0 Å². The second kappa shape index (κ2) is 8.76. The molecule has 1 N–H and O–H groups in total. The lowest BCUT2D eigenvalue weighted by Crippen LogP contribution is -2.42. The van der Waals surface area contributed by atoms with Crippen molar-refractivity contribution in [1.29, 1.82) is 0 Å². The van der Waals surface area contributed by atoms with Gasteiger partial charge in [-0.2, -0.15) is 5.10 Å². The normalized spacial score (nSPS) is 17.5. The minimum absolute atomic E-state index is 0.0542. The number of unbranched alkanes of at least 4 members (excludes halogenated alkanes) is 1. The average molecular weight is 427 g/mol. The molecule has 2 heterocycles. The topological polar surface area (TPSA) is 84.3 Å². The van der Waals surface area contributed by atoms with E-state index in [1.807, 2.05) is 17.7 Å². The summed E-state index contributed by atoms with van der Waals surface area (Å²) in [5.74, 6) is 0.654. The zero-order valence-electron chi connectivity index (χ0n) is 19.1. The molecule has 1 aromatic rings. The average Bonchev–Trinajstić information content (AvgIpc) is 3.04. The van der Waals surface area contributed by atoms with Crippen LogP contribution in [0.2, 0.25) is 0 Å². The van der Waals surface area contributed by atoms with Crippen LogP contribution in [0.1, 0.15) is 79.8 Å². The number of aromatic nitrogens is 2. The molecule has 0 spiro atoms. The Hall–Kier alpha value is -1.41. The number of carbonyl (C=O) groups is 1. The highest BCUT2D eigenvalue weighted by Crippen LogP contribution is 2.29. The third-order valence-electron chi connectivity index (χ3n) is 5.34. The Morgan fingerprint density at radius 3 is 2.24 bits per heavy atom. The summed E-state index contributed by atoms with van der Waals surface area (Å²) in [6.07, 6.45) is 2.63. The highest BCUT2D eigenvalue weighted by Gasteiger charge is 2.32. The third-order valence-corrected chi connectivity index (χ3v) is 7.29. The largest absolute Gasteiger partial charge is 0.311 e. The van der Waals surface area contributed by atoms with Crippen molar-refractivity contribution in [3.63, 3.8) is 0 Å². The first kappa shape index (κ1) is 23.9. The van der Waals surface area contributed by atoms with E-state index < -0.39 is 10.0 Å². The van der Waals surface area contributed by atoms with E-state index in [1.165, 1.54) is 0 Å². The summed E-state index contributed by atoms with van der Waals surface area (Å²) < 4.78 is 28.2. The summed E-state index contributed by atoms with van der Waals surface area (Å²) in [7, 11) is -3.21. The third kappa shape index (κ3) is 6.04. The van der Waals surface area contributed by atoms with E-state index in [-0.39, 0.29) is 28.5 Å². The summed E-state index contributed by atoms with van der Waals surface area (Å²) in [5.41, 5.74) is 0.552. The molecule has 0 aromatic carbocycles. The van der Waals surface area contributed by atoms with Crippen molar-refractivity contribution < 1.29 is 13.2 Å². The number of hydrogen-bond acceptors (Lipinski definition) is 4. The second-order valence-electron chi connectivity index (χ2n) is 10.1. The van der Waals surface area contributed by atoms with Crippen LogP contribution in [0.15, 0.2) is 6.07 Å². The lowest BCUT2D eigenvalue weighted by Gasteiger charge is -2.31. The lowest BCUT2D eigenvalue weighted by molar-refractivity contribution is -0.121. The van der Waals surface area contributed by atoms with E-state index in [0.717, 1.165) is 12.1 Å². The SMILES string of the molecule is CCCCS(=O)(=O)N1CCC(C(=O)Nc2cc(C(C)(C)C)nn2C(C)(C)C)CC1. The molecular weight excluding hydrogens is 388 g/mol. The number of rotatable bonds is 6. The van der Waals surface area contributed by atoms with Gasteiger partial charge in [-0.05, 0) is 40.0 Å². The number of hydrogen-bond donors (Lipinski definition) is 1. The van der Waals surface area contributed by atoms with E-state index >= 15 is 0 Å². The number of piperidine rings is 1. The van der Waals surface area contributed by atoms with E-state index in [1.54, 1.807) is 4.31 Å². The highest BCUT2D eigenvalue weighted by molar-refractivity contribution is 7.89. The van der Waals surface area contributed by atoms with Crippen LogP contribution in [0.25, 0.3) is 0 Å². The first-order valence-electron chi connectivity index (χ1n) is 10.7. The molecule has 29 heavy (non-hydrogen) atoms. The molecule has 0 saturated carbocycles. The maximum atomic E-state index is 12.9. The van der Waals surface area contributed by atoms with E-state index in [0.29, 0.717) is 38.2 Å². The molecule has 1 amide bonds. The Morgan fingerprint density at radius 2 is 1.76 bits per heavy atom. The van der Waals surface area contributed by atoms with Gasteiger partial charge in [0.15, 0.2) is 0 Å². The van der Waals surface area contributed by atoms with Gasteiger partial charge >= 0.3 is 0 Å². The molecule has 0 unspecified atom stereocenters. The van der Waals surface area contributed by atoms with Crippen molar-refractivity contribution in [2.24, 2.45) is 5.92 Å². The number of sulfonamides is 1. The summed E-state index contributed by atoms with van der Waals surface area (Å²) in [6.45, 7) is 15.3. The van der Waals surface area contributed by atoms with Crippen LogP contribution in [0.5, 0.6) is 0 Å². The van der Waals surface area contributed by atoms with Crippen LogP contribution in [-0.2, 0) is 25.8 Å². The predicted octanol–water partition coefficient (Wildman–Crippen LogP) is 3.72. The standard InChI is InChI=1S/C21H38N4O3S/c1-8-9-14-29(27,28)24-12-10-16(11-13-24)19(26)22-18-15-17(20(2,3)4)23-25(18)21(5,6)7/h15-16H,8-14H2,1-7H3,(H,22,26). The molecule has 0 bridgehead atoms. The molecule has 0 aliphatic carbocycles. The first-order valence-corrected chi connectivity index (χ1v) is 12.3. The molecule has 8 heteroatoms. The van der Waals surface area contributed by atoms with Gasteiger partial charge in [0.2, 0.25) is 15.9 Å². The van der Waals surface area contributed by atoms with Gasteiger partial charge in [-0.1, -0.05) is 34.1 Å². The monoisotopic (exact) mass is 426 g/mol. The Kier molecular flexibility index (Phi) is 7.21. The molecule has 1 aromatic heterocycles. The van der Waals surface area contributed by atoms with Gasteiger partial charge in [0.25, 0.3) is 0 Å². The van der Waals surface area contributed by atoms with Gasteiger partial charge in [0.05, 0.1) is 17.0 Å². The Morgan fingerprint density at radius 1 is 1.17 bits per heavy atom. The van der Waals surface area contributed by atoms with Gasteiger partial charge in [0.1, 0.15) is 5.82 Å². The van der Waals surface area contributed by atoms with Crippen molar-refractivity contribution in [2.45, 2.75) is 85.1 Å². The van der Waals surface area contributed by atoms with Crippen molar-refractivity contribution in [1.82, 2.24) is 14.1 Å². The van der Waals surface area contributed by atoms with Crippen LogP contribution < -0.4 is 5.32 Å². The summed E-state index contributed by atoms with van der Waals surface area (Å²) >= 11 is 0. The molecule has 0 atom stereocenters. The molecule has 166 valence electrons. The van der Waals surface area contributed by atoms with Crippen molar-refractivity contribution in [2.75, 3.05) is 24.2 Å². The van der Waals surface area contributed by atoms with Gasteiger partial charge in [-0.3, -0.25) is 4.79 Å². The summed E-state index contributed by atoms with van der Waals surface area (Å²) in [4.78, 5) is 12.9. The van der Waals surface area contributed by atoms with Crippen molar-refractivity contribution in [3.8, 4) is 0 Å². The fraction of sp³-hybridized carbons (Fsp3) is 0.810. The maximum Gasteiger partial charge on any atom is 0.228 e. The molecule has 1 aliphatic rings. The molecule has 1 saturated heterocycles. The fourth-order valence-corrected chi connectivity index (χ4v) is 5.11. The molecule has 1 fully saturated rings. The minimum atomic E-state index is -3.21. The summed E-state index contributed by atoms with van der Waals surface area (Å²) in [5, 5.41) is 7.80. The van der Waals surface area contributed by atoms with Crippen molar-refractivity contribution in [3.05, 3.63) is 11.8 Å². The van der Waals surface area contributed by atoms with Crippen LogP contribution in [0, 0.1) is 5.92 Å². The molecule has 1 aliphatic heterocycles. The second-order valence-corrected chi connectivity index (χ2v) is 12.2. The molecule has 2 rings (SSSR count). The lowest BCUT2D eigenvalue weighted by atomic mass is 9.92. The van der Waals surface area contributed by atoms with Crippen molar-refractivity contribution >= 4 is 21.7 Å². The number of nitrogens with zero attached hydrogens (tertiary/aromatic N) is 3. The van der Waals surface area contributed by atoms with Crippen LogP contribution >= 0.6 is 0 Å². The highest BCUT2D eigenvalue weighted by atomic mass is 32.2. The Labute approximate surface area is 176 Å². The predicted molar refractivity (Wildman–Crippen MR) is 118 cm³/mol. The number of carbonyl (C=O) groups excluding carboxylic acids is 1. The number of amides is 1. The Bertz CT molecular complexity index is 808. The molecule has 0 radical (unpaired) electrons. The van der Waals surface area contributed by atoms with Gasteiger partial charge in [0, 0.05) is 30.5 Å². The van der Waals surface area contributed by atoms with Gasteiger partial charge in [-0.25, -0.2) is 17.4 Å². The van der Waals surface area contributed by atoms with Gasteiger partial charge < -0.3 is 5.32 Å². The smallest absolute Gasteiger partial charge is 0.228 e. The number of anilines is 1. The van der Waals surface area contributed by atoms with Crippen LogP contribution in [0.4, 0.5) is 5.82 Å². The minimum Gasteiger partial charge on any atom is -0.311 e. The quantitative estimate of drug-likeness (QED) is 0.751.